The topological polar surface area (TPSA) is 49.8 Å². The van der Waals surface area contributed by atoms with Crippen molar-refractivity contribution in [1.82, 2.24) is 4.98 Å². The quantitative estimate of drug-likeness (QED) is 0.855. The third-order valence-corrected chi connectivity index (χ3v) is 4.77. The summed E-state index contributed by atoms with van der Waals surface area (Å²) >= 11 is 0. The molecule has 122 valence electrons. The monoisotopic (exact) mass is 307 g/mol. The minimum absolute atomic E-state index is 0.0593. The van der Waals surface area contributed by atoms with Crippen LogP contribution in [0.3, 0.4) is 0 Å². The summed E-state index contributed by atoms with van der Waals surface area (Å²) in [4.78, 5) is 4.41. The predicted molar refractivity (Wildman–Crippen MR) is 82.3 cm³/mol. The van der Waals surface area contributed by atoms with Crippen molar-refractivity contribution in [2.45, 2.75) is 57.5 Å². The lowest BCUT2D eigenvalue weighted by molar-refractivity contribution is -0.158. The number of methoxy groups -OCH3 is 2. The van der Waals surface area contributed by atoms with Crippen molar-refractivity contribution >= 4 is 0 Å². The molecule has 1 saturated heterocycles. The number of nitrogens with zero attached hydrogens (tertiary/aromatic N) is 1. The third kappa shape index (κ3) is 2.57. The fourth-order valence-electron chi connectivity index (χ4n) is 3.78. The van der Waals surface area contributed by atoms with Crippen LogP contribution in [0.4, 0.5) is 0 Å². The van der Waals surface area contributed by atoms with E-state index in [1.165, 1.54) is 0 Å². The molecule has 1 aliphatic heterocycles. The van der Waals surface area contributed by atoms with Gasteiger partial charge in [0.2, 0.25) is 11.8 Å². The molecule has 0 radical (unpaired) electrons. The summed E-state index contributed by atoms with van der Waals surface area (Å²) < 4.78 is 23.0. The second-order valence-corrected chi connectivity index (χ2v) is 6.53. The molecule has 2 aliphatic rings. The zero-order valence-electron chi connectivity index (χ0n) is 14.0. The Labute approximate surface area is 131 Å². The van der Waals surface area contributed by atoms with E-state index in [4.69, 9.17) is 18.9 Å². The Balaban J connectivity index is 1.94. The number of rotatable bonds is 4. The number of aromatic nitrogens is 1. The standard InChI is InChI=1S/C17H25NO4/c1-6-10-9-12(15-14(10)21-17(2,3)22-15)11-7-8-13(19-4)18-16(11)20-5/h7-8,10,12,14-15H,6,9H2,1-5H3/t10-,12-,14+,15-/m0/s1. The Bertz CT molecular complexity index is 545. The second-order valence-electron chi connectivity index (χ2n) is 6.53. The van der Waals surface area contributed by atoms with Gasteiger partial charge in [-0.2, -0.15) is 4.98 Å². The van der Waals surface area contributed by atoms with E-state index in [-0.39, 0.29) is 18.1 Å². The molecule has 1 aromatic rings. The Hall–Kier alpha value is -1.33. The van der Waals surface area contributed by atoms with Crippen LogP contribution in [0, 0.1) is 5.92 Å². The van der Waals surface area contributed by atoms with E-state index in [1.807, 2.05) is 26.0 Å². The summed E-state index contributed by atoms with van der Waals surface area (Å²) in [5, 5.41) is 0. The average molecular weight is 307 g/mol. The molecule has 0 unspecified atom stereocenters. The molecule has 2 heterocycles. The number of fused-ring (bicyclic) bond motifs is 1. The van der Waals surface area contributed by atoms with Crippen molar-refractivity contribution in [2.75, 3.05) is 14.2 Å². The van der Waals surface area contributed by atoms with Crippen LogP contribution < -0.4 is 9.47 Å². The Kier molecular flexibility index (Phi) is 4.03. The predicted octanol–water partition coefficient (Wildman–Crippen LogP) is 3.13. The maximum Gasteiger partial charge on any atom is 0.219 e. The summed E-state index contributed by atoms with van der Waals surface area (Å²) in [7, 11) is 3.25. The smallest absolute Gasteiger partial charge is 0.219 e. The molecular formula is C17H25NO4. The average Bonchev–Trinajstić information content (AvgIpc) is 2.99. The van der Waals surface area contributed by atoms with Gasteiger partial charge in [0.1, 0.15) is 0 Å². The molecule has 4 atom stereocenters. The third-order valence-electron chi connectivity index (χ3n) is 4.77. The highest BCUT2D eigenvalue weighted by Gasteiger charge is 2.54. The lowest BCUT2D eigenvalue weighted by Gasteiger charge is -2.24. The molecule has 1 aliphatic carbocycles. The fourth-order valence-corrected chi connectivity index (χ4v) is 3.78. The minimum Gasteiger partial charge on any atom is -0.481 e. The number of pyridine rings is 1. The van der Waals surface area contributed by atoms with Crippen molar-refractivity contribution in [2.24, 2.45) is 5.92 Å². The van der Waals surface area contributed by atoms with Crippen LogP contribution in [0.2, 0.25) is 0 Å². The summed E-state index contributed by atoms with van der Waals surface area (Å²) in [6.45, 7) is 6.18. The van der Waals surface area contributed by atoms with Gasteiger partial charge in [-0.05, 0) is 32.3 Å². The Morgan fingerprint density at radius 3 is 2.55 bits per heavy atom. The van der Waals surface area contributed by atoms with E-state index >= 15 is 0 Å². The molecule has 0 bridgehead atoms. The van der Waals surface area contributed by atoms with Gasteiger partial charge in [0, 0.05) is 17.5 Å². The summed E-state index contributed by atoms with van der Waals surface area (Å²) in [5.74, 6) is 1.40. The SMILES string of the molecule is CC[C@H]1C[C@@H](c2ccc(OC)nc2OC)[C@@H]2OC(C)(C)O[C@H]12. The Morgan fingerprint density at radius 2 is 1.91 bits per heavy atom. The van der Waals surface area contributed by atoms with Crippen molar-refractivity contribution in [3.05, 3.63) is 17.7 Å². The maximum atomic E-state index is 6.19. The summed E-state index contributed by atoms with van der Waals surface area (Å²) in [5.41, 5.74) is 1.08. The van der Waals surface area contributed by atoms with Crippen LogP contribution >= 0.6 is 0 Å². The molecule has 0 amide bonds. The van der Waals surface area contributed by atoms with Crippen LogP contribution in [0.1, 0.15) is 45.1 Å². The van der Waals surface area contributed by atoms with Gasteiger partial charge in [-0.15, -0.1) is 0 Å². The molecule has 0 N–H and O–H groups in total. The first-order valence-electron chi connectivity index (χ1n) is 7.93. The van der Waals surface area contributed by atoms with Gasteiger partial charge in [0.15, 0.2) is 5.79 Å². The summed E-state index contributed by atoms with van der Waals surface area (Å²) in [6.07, 6.45) is 2.33. The highest BCUT2D eigenvalue weighted by molar-refractivity contribution is 5.36. The van der Waals surface area contributed by atoms with Crippen LogP contribution in [0.25, 0.3) is 0 Å². The number of hydrogen-bond donors (Lipinski definition) is 0. The molecule has 3 rings (SSSR count). The van der Waals surface area contributed by atoms with E-state index < -0.39 is 5.79 Å². The van der Waals surface area contributed by atoms with Crippen molar-refractivity contribution < 1.29 is 18.9 Å². The van der Waals surface area contributed by atoms with Crippen LogP contribution in [-0.2, 0) is 9.47 Å². The molecule has 1 aromatic heterocycles. The number of ether oxygens (including phenoxy) is 4. The van der Waals surface area contributed by atoms with Crippen LogP contribution in [0.15, 0.2) is 12.1 Å². The summed E-state index contributed by atoms with van der Waals surface area (Å²) in [6, 6.07) is 3.92. The van der Waals surface area contributed by atoms with E-state index in [1.54, 1.807) is 14.2 Å². The van der Waals surface area contributed by atoms with E-state index in [0.717, 1.165) is 18.4 Å². The van der Waals surface area contributed by atoms with Crippen molar-refractivity contribution in [1.29, 1.82) is 0 Å². The lowest BCUT2D eigenvalue weighted by Crippen LogP contribution is -2.24. The zero-order valence-corrected chi connectivity index (χ0v) is 14.0. The Morgan fingerprint density at radius 1 is 1.18 bits per heavy atom. The van der Waals surface area contributed by atoms with Gasteiger partial charge in [-0.3, -0.25) is 0 Å². The molecular weight excluding hydrogens is 282 g/mol. The highest BCUT2D eigenvalue weighted by atomic mass is 16.8. The molecule has 0 aromatic carbocycles. The molecule has 0 spiro atoms. The first-order chi connectivity index (χ1) is 10.5. The van der Waals surface area contributed by atoms with Crippen LogP contribution in [-0.4, -0.2) is 37.2 Å². The van der Waals surface area contributed by atoms with Gasteiger partial charge in [0.05, 0.1) is 26.4 Å². The molecule has 5 heteroatoms. The highest BCUT2D eigenvalue weighted by Crippen LogP contribution is 2.51. The van der Waals surface area contributed by atoms with E-state index in [2.05, 4.69) is 11.9 Å². The normalized spacial score (nSPS) is 32.8. The first kappa shape index (κ1) is 15.6. The molecule has 22 heavy (non-hydrogen) atoms. The van der Waals surface area contributed by atoms with Crippen LogP contribution in [0.5, 0.6) is 11.8 Å². The molecule has 2 fully saturated rings. The van der Waals surface area contributed by atoms with Gasteiger partial charge < -0.3 is 18.9 Å². The van der Waals surface area contributed by atoms with Crippen molar-refractivity contribution in [3.63, 3.8) is 0 Å². The molecule has 1 saturated carbocycles. The van der Waals surface area contributed by atoms with E-state index in [0.29, 0.717) is 17.7 Å². The second kappa shape index (κ2) is 5.70. The molecule has 5 nitrogen and oxygen atoms in total. The zero-order chi connectivity index (χ0) is 15.9. The van der Waals surface area contributed by atoms with Gasteiger partial charge in [-0.25, -0.2) is 0 Å². The lowest BCUT2D eigenvalue weighted by atomic mass is 9.95. The first-order valence-corrected chi connectivity index (χ1v) is 7.93. The minimum atomic E-state index is -0.519. The van der Waals surface area contributed by atoms with E-state index in [9.17, 15) is 0 Å². The van der Waals surface area contributed by atoms with Gasteiger partial charge in [-0.1, -0.05) is 13.3 Å². The maximum absolute atomic E-state index is 6.19. The number of hydrogen-bond acceptors (Lipinski definition) is 5. The largest absolute Gasteiger partial charge is 0.481 e. The van der Waals surface area contributed by atoms with Crippen molar-refractivity contribution in [3.8, 4) is 11.8 Å². The van der Waals surface area contributed by atoms with Gasteiger partial charge >= 0.3 is 0 Å². The van der Waals surface area contributed by atoms with Gasteiger partial charge in [0.25, 0.3) is 0 Å². The fraction of sp³-hybridized carbons (Fsp3) is 0.706.